The molecule has 2 aliphatic rings. The van der Waals surface area contributed by atoms with E-state index in [1.807, 2.05) is 78.9 Å². The molecule has 1 unspecified atom stereocenters. The number of anilines is 1. The third kappa shape index (κ3) is 3.25. The van der Waals surface area contributed by atoms with Gasteiger partial charge in [0.2, 0.25) is 0 Å². The minimum Gasteiger partial charge on any atom is -0.465 e. The van der Waals surface area contributed by atoms with Crippen LogP contribution in [0.25, 0.3) is 22.0 Å². The Morgan fingerprint density at radius 1 is 1.00 bits per heavy atom. The van der Waals surface area contributed by atoms with Crippen molar-refractivity contribution in [3.8, 4) is 0 Å². The molecule has 0 spiro atoms. The highest BCUT2D eigenvalue weighted by Crippen LogP contribution is 2.55. The number of fused-ring (bicyclic) bond motifs is 7. The molecule has 3 heterocycles. The zero-order valence-electron chi connectivity index (χ0n) is 20.8. The smallest absolute Gasteiger partial charge is 0.325 e. The maximum atomic E-state index is 14.5. The number of rotatable bonds is 5. The predicted molar refractivity (Wildman–Crippen MR) is 146 cm³/mol. The van der Waals surface area contributed by atoms with E-state index in [2.05, 4.69) is 16.9 Å². The SMILES string of the molecule is C=C1c2ccccc2N2C(=O)C=C(c3ccccc3)C2(C(=O)NCC(=O)OCC)c2[nH]c3ccccc3c21. The first-order valence-electron chi connectivity index (χ1n) is 12.4. The summed E-state index contributed by atoms with van der Waals surface area (Å²) in [6.07, 6.45) is 1.51. The van der Waals surface area contributed by atoms with Crippen LogP contribution in [-0.4, -0.2) is 35.9 Å². The summed E-state index contributed by atoms with van der Waals surface area (Å²) < 4.78 is 5.07. The molecule has 4 aromatic rings. The van der Waals surface area contributed by atoms with Crippen LogP contribution in [0.15, 0.2) is 91.5 Å². The second-order valence-electron chi connectivity index (χ2n) is 9.21. The van der Waals surface area contributed by atoms with E-state index in [1.54, 1.807) is 6.92 Å². The molecular formula is C31H25N3O4. The summed E-state index contributed by atoms with van der Waals surface area (Å²) in [5.41, 5.74) is 3.64. The lowest BCUT2D eigenvalue weighted by molar-refractivity contribution is -0.143. The maximum absolute atomic E-state index is 14.5. The molecule has 1 aromatic heterocycles. The van der Waals surface area contributed by atoms with Gasteiger partial charge in [-0.25, -0.2) is 0 Å². The molecule has 0 saturated heterocycles. The number of benzene rings is 3. The van der Waals surface area contributed by atoms with Gasteiger partial charge < -0.3 is 15.0 Å². The van der Waals surface area contributed by atoms with Crippen LogP contribution in [0, 0.1) is 0 Å². The molecule has 0 aliphatic carbocycles. The molecule has 188 valence electrons. The van der Waals surface area contributed by atoms with Gasteiger partial charge in [0.25, 0.3) is 11.8 Å². The minimum atomic E-state index is -1.64. The van der Waals surface area contributed by atoms with Crippen molar-refractivity contribution in [2.75, 3.05) is 18.1 Å². The van der Waals surface area contributed by atoms with Crippen LogP contribution in [0.5, 0.6) is 0 Å². The number of H-pyrrole nitrogens is 1. The number of amides is 2. The maximum Gasteiger partial charge on any atom is 0.325 e. The number of hydrogen-bond donors (Lipinski definition) is 2. The monoisotopic (exact) mass is 503 g/mol. The molecule has 0 fully saturated rings. The van der Waals surface area contributed by atoms with Crippen molar-refractivity contribution < 1.29 is 19.1 Å². The molecule has 7 nitrogen and oxygen atoms in total. The van der Waals surface area contributed by atoms with Gasteiger partial charge in [-0.3, -0.25) is 19.3 Å². The fraction of sp³-hybridized carbons (Fsp3) is 0.129. The quantitative estimate of drug-likeness (QED) is 0.391. The first-order valence-corrected chi connectivity index (χ1v) is 12.4. The molecular weight excluding hydrogens is 478 g/mol. The Morgan fingerprint density at radius 2 is 1.71 bits per heavy atom. The molecule has 0 radical (unpaired) electrons. The van der Waals surface area contributed by atoms with Crippen molar-refractivity contribution in [1.82, 2.24) is 10.3 Å². The van der Waals surface area contributed by atoms with Gasteiger partial charge >= 0.3 is 5.97 Å². The Labute approximate surface area is 219 Å². The van der Waals surface area contributed by atoms with Crippen molar-refractivity contribution >= 4 is 45.5 Å². The van der Waals surface area contributed by atoms with Gasteiger partial charge in [-0.1, -0.05) is 73.3 Å². The third-order valence-electron chi connectivity index (χ3n) is 7.17. The van der Waals surface area contributed by atoms with Crippen LogP contribution in [0.4, 0.5) is 5.69 Å². The highest BCUT2D eigenvalue weighted by Gasteiger charge is 2.59. The number of hydrogen-bond acceptors (Lipinski definition) is 4. The van der Waals surface area contributed by atoms with Crippen molar-refractivity contribution in [2.45, 2.75) is 12.5 Å². The number of ether oxygens (including phenoxy) is 1. The van der Waals surface area contributed by atoms with Crippen LogP contribution < -0.4 is 10.2 Å². The average Bonchev–Trinajstić information content (AvgIpc) is 3.45. The lowest BCUT2D eigenvalue weighted by Gasteiger charge is -2.39. The topological polar surface area (TPSA) is 91.5 Å². The van der Waals surface area contributed by atoms with Crippen LogP contribution in [0.2, 0.25) is 0 Å². The Bertz CT molecular complexity index is 1670. The van der Waals surface area contributed by atoms with Crippen molar-refractivity contribution in [1.29, 1.82) is 0 Å². The van der Waals surface area contributed by atoms with E-state index < -0.39 is 17.4 Å². The van der Waals surface area contributed by atoms with Gasteiger partial charge in [0.05, 0.1) is 18.0 Å². The summed E-state index contributed by atoms with van der Waals surface area (Å²) in [6.45, 7) is 6.00. The van der Waals surface area contributed by atoms with E-state index >= 15 is 0 Å². The normalized spacial score (nSPS) is 17.8. The van der Waals surface area contributed by atoms with Gasteiger partial charge in [-0.05, 0) is 30.2 Å². The molecule has 3 aromatic carbocycles. The summed E-state index contributed by atoms with van der Waals surface area (Å²) in [7, 11) is 0. The highest BCUT2D eigenvalue weighted by atomic mass is 16.5. The van der Waals surface area contributed by atoms with Gasteiger partial charge in [0, 0.05) is 33.7 Å². The highest BCUT2D eigenvalue weighted by molar-refractivity contribution is 6.26. The van der Waals surface area contributed by atoms with E-state index in [-0.39, 0.29) is 19.1 Å². The number of aromatic amines is 1. The van der Waals surface area contributed by atoms with Crippen LogP contribution in [0.3, 0.4) is 0 Å². The van der Waals surface area contributed by atoms with E-state index in [1.165, 1.54) is 11.0 Å². The van der Waals surface area contributed by atoms with Crippen molar-refractivity contribution in [3.63, 3.8) is 0 Å². The van der Waals surface area contributed by atoms with Crippen molar-refractivity contribution in [3.05, 3.63) is 114 Å². The first kappa shape index (κ1) is 23.5. The number of aromatic nitrogens is 1. The number of esters is 1. The molecule has 0 bridgehead atoms. The first-order chi connectivity index (χ1) is 18.5. The number of nitrogens with zero attached hydrogens (tertiary/aromatic N) is 1. The van der Waals surface area contributed by atoms with Gasteiger partial charge in [-0.15, -0.1) is 0 Å². The van der Waals surface area contributed by atoms with E-state index in [9.17, 15) is 14.4 Å². The Morgan fingerprint density at radius 3 is 2.50 bits per heavy atom. The zero-order chi connectivity index (χ0) is 26.4. The zero-order valence-corrected chi connectivity index (χ0v) is 20.8. The van der Waals surface area contributed by atoms with Crippen molar-refractivity contribution in [2.24, 2.45) is 0 Å². The molecule has 2 amide bonds. The average molecular weight is 504 g/mol. The van der Waals surface area contributed by atoms with Crippen LogP contribution in [-0.2, 0) is 24.7 Å². The second-order valence-corrected chi connectivity index (χ2v) is 9.21. The van der Waals surface area contributed by atoms with Gasteiger partial charge in [0.1, 0.15) is 6.54 Å². The summed E-state index contributed by atoms with van der Waals surface area (Å²) in [6, 6.07) is 24.5. The van der Waals surface area contributed by atoms with Gasteiger partial charge in [-0.2, -0.15) is 0 Å². The molecule has 7 heteroatoms. The lowest BCUT2D eigenvalue weighted by atomic mass is 9.80. The second kappa shape index (κ2) is 8.88. The van der Waals surface area contributed by atoms with E-state index in [0.717, 1.165) is 22.0 Å². The molecule has 6 rings (SSSR count). The van der Waals surface area contributed by atoms with Gasteiger partial charge in [0.15, 0.2) is 5.54 Å². The van der Waals surface area contributed by atoms with E-state index in [0.29, 0.717) is 28.1 Å². The molecule has 38 heavy (non-hydrogen) atoms. The molecule has 2 N–H and O–H groups in total. The number of carbonyl (C=O) groups excluding carboxylic acids is 3. The fourth-order valence-corrected chi connectivity index (χ4v) is 5.65. The summed E-state index contributed by atoms with van der Waals surface area (Å²) >= 11 is 0. The largest absolute Gasteiger partial charge is 0.465 e. The summed E-state index contributed by atoms with van der Waals surface area (Å²) in [4.78, 5) is 45.8. The minimum absolute atomic E-state index is 0.193. The Kier molecular flexibility index (Phi) is 5.49. The standard InChI is InChI=1S/C31H25N3O4/c1-3-38-27(36)18-32-30(37)31-23(20-11-5-4-6-12-20)17-26(35)34(31)25-16-10-8-13-21(25)19(2)28-22-14-7-9-15-24(22)33-29(28)31/h4-17,33H,2-3,18H2,1H3,(H,32,37). The summed E-state index contributed by atoms with van der Waals surface area (Å²) in [5, 5.41) is 3.66. The lowest BCUT2D eigenvalue weighted by Crippen LogP contribution is -2.57. The molecule has 1 atom stereocenters. The third-order valence-corrected chi connectivity index (χ3v) is 7.17. The Balaban J connectivity index is 1.71. The number of carbonyl (C=O) groups is 3. The Hall–Kier alpha value is -4.91. The molecule has 2 aliphatic heterocycles. The number of para-hydroxylation sites is 2. The van der Waals surface area contributed by atoms with E-state index in [4.69, 9.17) is 4.74 Å². The van der Waals surface area contributed by atoms with Crippen LogP contribution >= 0.6 is 0 Å². The molecule has 0 saturated carbocycles. The predicted octanol–water partition coefficient (Wildman–Crippen LogP) is 4.55. The fourth-order valence-electron chi connectivity index (χ4n) is 5.65. The summed E-state index contributed by atoms with van der Waals surface area (Å²) in [5.74, 6) is -1.43. The number of nitrogens with one attached hydrogen (secondary N) is 2. The van der Waals surface area contributed by atoms with Crippen LogP contribution in [0.1, 0.15) is 29.3 Å².